The van der Waals surface area contributed by atoms with Crippen LogP contribution in [0.25, 0.3) is 0 Å². The Morgan fingerprint density at radius 2 is 2.06 bits per heavy atom. The van der Waals surface area contributed by atoms with Crippen molar-refractivity contribution in [3.05, 3.63) is 54.0 Å². The molecule has 0 bridgehead atoms. The third-order valence-corrected chi connectivity index (χ3v) is 2.34. The maximum Gasteiger partial charge on any atom is 0.168 e. The Bertz CT molecular complexity index is 497. The Hall–Kier alpha value is -2.25. The summed E-state index contributed by atoms with van der Waals surface area (Å²) in [7, 11) is 0. The van der Waals surface area contributed by atoms with Crippen LogP contribution < -0.4 is 10.5 Å². The standard InChI is InChI=1S/C13H12N2O2/c14-8-10-3-5-11(6-4-10)17-13(9-15)12-2-1-7-16-12/h1-7,13H,9,15H2. The molecule has 1 aromatic heterocycles. The second kappa shape index (κ2) is 5.19. The fourth-order valence-electron chi connectivity index (χ4n) is 1.47. The molecule has 0 saturated carbocycles. The molecule has 0 saturated heterocycles. The van der Waals surface area contributed by atoms with Crippen molar-refractivity contribution in [3.8, 4) is 11.8 Å². The SMILES string of the molecule is N#Cc1ccc(OC(CN)c2ccco2)cc1. The molecule has 1 heterocycles. The fraction of sp³-hybridized carbons (Fsp3) is 0.154. The van der Waals surface area contributed by atoms with E-state index in [1.807, 2.05) is 6.07 Å². The minimum atomic E-state index is -0.307. The summed E-state index contributed by atoms with van der Waals surface area (Å²) in [5, 5.41) is 8.68. The van der Waals surface area contributed by atoms with Gasteiger partial charge in [-0.2, -0.15) is 5.26 Å². The van der Waals surface area contributed by atoms with E-state index in [1.54, 1.807) is 36.6 Å². The summed E-state index contributed by atoms with van der Waals surface area (Å²) in [6.45, 7) is 0.327. The molecule has 1 atom stereocenters. The molecule has 4 heteroatoms. The molecular weight excluding hydrogens is 216 g/mol. The minimum absolute atomic E-state index is 0.307. The maximum atomic E-state index is 8.68. The molecule has 2 N–H and O–H groups in total. The molecule has 17 heavy (non-hydrogen) atoms. The smallest absolute Gasteiger partial charge is 0.168 e. The zero-order valence-corrected chi connectivity index (χ0v) is 9.17. The Morgan fingerprint density at radius 1 is 1.29 bits per heavy atom. The lowest BCUT2D eigenvalue weighted by Crippen LogP contribution is -2.17. The molecule has 2 aromatic rings. The minimum Gasteiger partial charge on any atom is -0.481 e. The van der Waals surface area contributed by atoms with Crippen molar-refractivity contribution in [2.75, 3.05) is 6.54 Å². The molecule has 0 aliphatic rings. The molecule has 4 nitrogen and oxygen atoms in total. The Kier molecular flexibility index (Phi) is 3.43. The van der Waals surface area contributed by atoms with Gasteiger partial charge in [-0.25, -0.2) is 0 Å². The van der Waals surface area contributed by atoms with Crippen LogP contribution in [0.3, 0.4) is 0 Å². The molecule has 1 aromatic carbocycles. The van der Waals surface area contributed by atoms with Crippen molar-refractivity contribution < 1.29 is 9.15 Å². The normalized spacial score (nSPS) is 11.8. The molecule has 86 valence electrons. The van der Waals surface area contributed by atoms with Gasteiger partial charge in [-0.05, 0) is 36.4 Å². The van der Waals surface area contributed by atoms with E-state index in [-0.39, 0.29) is 6.10 Å². The molecule has 0 fully saturated rings. The highest BCUT2D eigenvalue weighted by Gasteiger charge is 2.14. The second-order valence-electron chi connectivity index (χ2n) is 3.49. The average Bonchev–Trinajstić information content (AvgIpc) is 2.90. The van der Waals surface area contributed by atoms with Crippen LogP contribution >= 0.6 is 0 Å². The number of nitrogens with two attached hydrogens (primary N) is 1. The predicted molar refractivity (Wildman–Crippen MR) is 62.3 cm³/mol. The number of ether oxygens (including phenoxy) is 1. The van der Waals surface area contributed by atoms with Gasteiger partial charge in [0.1, 0.15) is 11.5 Å². The Labute approximate surface area is 99.2 Å². The first kappa shape index (κ1) is 11.2. The van der Waals surface area contributed by atoms with Crippen LogP contribution in [0.4, 0.5) is 0 Å². The van der Waals surface area contributed by atoms with Crippen molar-refractivity contribution in [2.24, 2.45) is 5.73 Å². The first-order valence-electron chi connectivity index (χ1n) is 5.24. The third-order valence-electron chi connectivity index (χ3n) is 2.34. The van der Waals surface area contributed by atoms with E-state index >= 15 is 0 Å². The molecular formula is C13H12N2O2. The summed E-state index contributed by atoms with van der Waals surface area (Å²) in [6.07, 6.45) is 1.28. The van der Waals surface area contributed by atoms with Crippen LogP contribution in [0.2, 0.25) is 0 Å². The van der Waals surface area contributed by atoms with Gasteiger partial charge in [-0.15, -0.1) is 0 Å². The number of nitriles is 1. The van der Waals surface area contributed by atoms with Gasteiger partial charge in [0.25, 0.3) is 0 Å². The number of hydrogen-bond donors (Lipinski definition) is 1. The van der Waals surface area contributed by atoms with Crippen LogP contribution in [0, 0.1) is 11.3 Å². The van der Waals surface area contributed by atoms with Crippen molar-refractivity contribution >= 4 is 0 Å². The van der Waals surface area contributed by atoms with Crippen LogP contribution in [0.5, 0.6) is 5.75 Å². The van der Waals surface area contributed by atoms with Gasteiger partial charge in [0.2, 0.25) is 0 Å². The lowest BCUT2D eigenvalue weighted by Gasteiger charge is -2.14. The van der Waals surface area contributed by atoms with E-state index < -0.39 is 0 Å². The van der Waals surface area contributed by atoms with Crippen LogP contribution in [-0.2, 0) is 0 Å². The number of hydrogen-bond acceptors (Lipinski definition) is 4. The van der Waals surface area contributed by atoms with Gasteiger partial charge in [0.05, 0.1) is 17.9 Å². The number of rotatable bonds is 4. The zero-order chi connectivity index (χ0) is 12.1. The average molecular weight is 228 g/mol. The highest BCUT2D eigenvalue weighted by Crippen LogP contribution is 2.21. The van der Waals surface area contributed by atoms with Crippen LogP contribution in [0.1, 0.15) is 17.4 Å². The molecule has 0 amide bonds. The van der Waals surface area contributed by atoms with E-state index in [0.29, 0.717) is 23.6 Å². The first-order chi connectivity index (χ1) is 8.33. The topological polar surface area (TPSA) is 72.2 Å². The van der Waals surface area contributed by atoms with Crippen molar-refractivity contribution in [2.45, 2.75) is 6.10 Å². The summed E-state index contributed by atoms with van der Waals surface area (Å²) >= 11 is 0. The van der Waals surface area contributed by atoms with Crippen LogP contribution in [-0.4, -0.2) is 6.54 Å². The van der Waals surface area contributed by atoms with Crippen molar-refractivity contribution in [1.29, 1.82) is 5.26 Å². The first-order valence-corrected chi connectivity index (χ1v) is 5.24. The van der Waals surface area contributed by atoms with Crippen LogP contribution in [0.15, 0.2) is 47.1 Å². The highest BCUT2D eigenvalue weighted by atomic mass is 16.5. The van der Waals surface area contributed by atoms with E-state index in [1.165, 1.54) is 0 Å². The van der Waals surface area contributed by atoms with E-state index in [4.69, 9.17) is 20.1 Å². The van der Waals surface area contributed by atoms with Gasteiger partial charge in [0.15, 0.2) is 6.10 Å². The van der Waals surface area contributed by atoms with Crippen molar-refractivity contribution in [3.63, 3.8) is 0 Å². The van der Waals surface area contributed by atoms with Gasteiger partial charge in [-0.1, -0.05) is 0 Å². The molecule has 0 radical (unpaired) electrons. The zero-order valence-electron chi connectivity index (χ0n) is 9.17. The van der Waals surface area contributed by atoms with Gasteiger partial charge in [-0.3, -0.25) is 0 Å². The molecule has 2 rings (SSSR count). The van der Waals surface area contributed by atoms with Gasteiger partial charge < -0.3 is 14.9 Å². The lowest BCUT2D eigenvalue weighted by atomic mass is 10.2. The predicted octanol–water partition coefficient (Wildman–Crippen LogP) is 2.23. The monoisotopic (exact) mass is 228 g/mol. The second-order valence-corrected chi connectivity index (χ2v) is 3.49. The van der Waals surface area contributed by atoms with Crippen molar-refractivity contribution in [1.82, 2.24) is 0 Å². The summed E-state index contributed by atoms with van der Waals surface area (Å²) in [5.41, 5.74) is 6.23. The maximum absolute atomic E-state index is 8.68. The summed E-state index contributed by atoms with van der Waals surface area (Å²) < 4.78 is 10.9. The molecule has 0 aliphatic heterocycles. The van der Waals surface area contributed by atoms with Gasteiger partial charge >= 0.3 is 0 Å². The molecule has 1 unspecified atom stereocenters. The Balaban J connectivity index is 2.11. The number of nitrogens with zero attached hydrogens (tertiary/aromatic N) is 1. The number of benzene rings is 1. The van der Waals surface area contributed by atoms with Gasteiger partial charge in [0, 0.05) is 6.54 Å². The summed E-state index contributed by atoms with van der Waals surface area (Å²) in [6, 6.07) is 12.5. The summed E-state index contributed by atoms with van der Waals surface area (Å²) in [4.78, 5) is 0. The van der Waals surface area contributed by atoms with E-state index in [0.717, 1.165) is 0 Å². The Morgan fingerprint density at radius 3 is 2.59 bits per heavy atom. The third kappa shape index (κ3) is 2.65. The lowest BCUT2D eigenvalue weighted by molar-refractivity contribution is 0.184. The fourth-order valence-corrected chi connectivity index (χ4v) is 1.47. The quantitative estimate of drug-likeness (QED) is 0.870. The molecule has 0 aliphatic carbocycles. The van der Waals surface area contributed by atoms with E-state index in [9.17, 15) is 0 Å². The summed E-state index contributed by atoms with van der Waals surface area (Å²) in [5.74, 6) is 1.35. The number of furan rings is 1. The largest absolute Gasteiger partial charge is 0.481 e. The molecule has 0 spiro atoms. The van der Waals surface area contributed by atoms with E-state index in [2.05, 4.69) is 6.07 Å². The highest BCUT2D eigenvalue weighted by molar-refractivity contribution is 5.34.